The zero-order chi connectivity index (χ0) is 21.5. The van der Waals surface area contributed by atoms with E-state index in [9.17, 15) is 4.79 Å². The average molecular weight is 538 g/mol. The zero-order valence-corrected chi connectivity index (χ0v) is 21.3. The van der Waals surface area contributed by atoms with Crippen molar-refractivity contribution in [1.29, 1.82) is 0 Å². The maximum Gasteiger partial charge on any atom is 0.253 e. The number of piperidine rings is 1. The molecule has 170 valence electrons. The largest absolute Gasteiger partial charge is 0.357 e. The van der Waals surface area contributed by atoms with Crippen molar-refractivity contribution in [2.45, 2.75) is 32.7 Å². The number of carbonyl (C=O) groups excluding carboxylic acids is 1. The molecule has 1 aliphatic heterocycles. The number of likely N-dealkylation sites (tertiary alicyclic amines) is 1. The van der Waals surface area contributed by atoms with E-state index in [1.165, 1.54) is 0 Å². The fourth-order valence-corrected chi connectivity index (χ4v) is 3.93. The van der Waals surface area contributed by atoms with Gasteiger partial charge >= 0.3 is 0 Å². The molecule has 0 radical (unpaired) electrons. The van der Waals surface area contributed by atoms with Crippen molar-refractivity contribution in [3.8, 4) is 0 Å². The number of benzene rings is 1. The first-order chi connectivity index (χ1) is 14.5. The summed E-state index contributed by atoms with van der Waals surface area (Å²) in [6.07, 6.45) is 7.74. The van der Waals surface area contributed by atoms with Crippen molar-refractivity contribution in [2.75, 3.05) is 40.3 Å². The number of amides is 1. The van der Waals surface area contributed by atoms with Crippen molar-refractivity contribution >= 4 is 35.8 Å². The highest BCUT2D eigenvalue weighted by atomic mass is 127. The first-order valence-corrected chi connectivity index (χ1v) is 10.8. The predicted molar refractivity (Wildman–Crippen MR) is 136 cm³/mol. The summed E-state index contributed by atoms with van der Waals surface area (Å²) < 4.78 is 2.22. The van der Waals surface area contributed by atoms with Gasteiger partial charge in [-0.25, -0.2) is 4.98 Å². The van der Waals surface area contributed by atoms with E-state index in [0.29, 0.717) is 18.5 Å². The molecule has 31 heavy (non-hydrogen) atoms. The molecule has 1 amide bonds. The Balaban J connectivity index is 0.00000341. The Morgan fingerprint density at radius 2 is 2.16 bits per heavy atom. The number of nitrogens with zero attached hydrogens (tertiary/aromatic N) is 5. The Morgan fingerprint density at radius 1 is 1.35 bits per heavy atom. The second-order valence-corrected chi connectivity index (χ2v) is 8.17. The van der Waals surface area contributed by atoms with Gasteiger partial charge in [-0.2, -0.15) is 0 Å². The molecule has 2 unspecified atom stereocenters. The van der Waals surface area contributed by atoms with Crippen molar-refractivity contribution in [2.24, 2.45) is 10.9 Å². The molecule has 7 nitrogen and oxygen atoms in total. The van der Waals surface area contributed by atoms with E-state index < -0.39 is 0 Å². The number of carbonyl (C=O) groups is 1. The lowest BCUT2D eigenvalue weighted by Crippen LogP contribution is -2.49. The van der Waals surface area contributed by atoms with Crippen molar-refractivity contribution in [3.05, 3.63) is 54.1 Å². The van der Waals surface area contributed by atoms with Crippen LogP contribution in [0, 0.1) is 5.92 Å². The third-order valence-corrected chi connectivity index (χ3v) is 5.70. The maximum atomic E-state index is 12.2. The SMILES string of the molecule is CCNC(=NCCc1cccc(C(=O)N(C)C)c1)N1CCC(C)C(n2ccnc2)C1.I. The number of halogens is 1. The lowest BCUT2D eigenvalue weighted by atomic mass is 9.93. The van der Waals surface area contributed by atoms with Gasteiger partial charge in [0, 0.05) is 58.2 Å². The van der Waals surface area contributed by atoms with Gasteiger partial charge in [-0.05, 0) is 43.4 Å². The van der Waals surface area contributed by atoms with Crippen LogP contribution in [0.25, 0.3) is 0 Å². The number of imidazole rings is 1. The first-order valence-electron chi connectivity index (χ1n) is 10.8. The van der Waals surface area contributed by atoms with E-state index in [-0.39, 0.29) is 29.9 Å². The highest BCUT2D eigenvalue weighted by Gasteiger charge is 2.28. The average Bonchev–Trinajstić information content (AvgIpc) is 3.28. The fraction of sp³-hybridized carbons (Fsp3) is 0.522. The summed E-state index contributed by atoms with van der Waals surface area (Å²) in [5.74, 6) is 1.60. The lowest BCUT2D eigenvalue weighted by Gasteiger charge is -2.39. The Morgan fingerprint density at radius 3 is 2.84 bits per heavy atom. The zero-order valence-electron chi connectivity index (χ0n) is 19.0. The highest BCUT2D eigenvalue weighted by Crippen LogP contribution is 2.27. The molecule has 1 saturated heterocycles. The van der Waals surface area contributed by atoms with Crippen LogP contribution in [0.3, 0.4) is 0 Å². The van der Waals surface area contributed by atoms with E-state index in [0.717, 1.165) is 49.6 Å². The molecule has 8 heteroatoms. The van der Waals surface area contributed by atoms with Crippen LogP contribution < -0.4 is 5.32 Å². The van der Waals surface area contributed by atoms with Gasteiger partial charge in [0.05, 0.1) is 12.4 Å². The summed E-state index contributed by atoms with van der Waals surface area (Å²) in [6, 6.07) is 8.25. The van der Waals surface area contributed by atoms with Gasteiger partial charge in [0.25, 0.3) is 5.91 Å². The van der Waals surface area contributed by atoms with Crippen molar-refractivity contribution in [3.63, 3.8) is 0 Å². The molecular weight excluding hydrogens is 503 g/mol. The summed E-state index contributed by atoms with van der Waals surface area (Å²) in [6.45, 7) is 7.87. The Hall–Kier alpha value is -2.10. The molecule has 3 rings (SSSR count). The molecule has 0 spiro atoms. The minimum absolute atomic E-state index is 0. The minimum atomic E-state index is 0. The summed E-state index contributed by atoms with van der Waals surface area (Å²) in [5.41, 5.74) is 1.85. The van der Waals surface area contributed by atoms with Crippen LogP contribution in [-0.4, -0.2) is 71.5 Å². The van der Waals surface area contributed by atoms with Gasteiger partial charge in [-0.3, -0.25) is 9.79 Å². The number of aromatic nitrogens is 2. The Bertz CT molecular complexity index is 852. The van der Waals surface area contributed by atoms with E-state index in [4.69, 9.17) is 4.99 Å². The number of hydrogen-bond acceptors (Lipinski definition) is 3. The summed E-state index contributed by atoms with van der Waals surface area (Å²) >= 11 is 0. The van der Waals surface area contributed by atoms with Crippen LogP contribution in [0.2, 0.25) is 0 Å². The van der Waals surface area contributed by atoms with Gasteiger partial charge in [0.1, 0.15) is 0 Å². The van der Waals surface area contributed by atoms with E-state index >= 15 is 0 Å². The summed E-state index contributed by atoms with van der Waals surface area (Å²) in [4.78, 5) is 25.3. The van der Waals surface area contributed by atoms with Crippen molar-refractivity contribution in [1.82, 2.24) is 24.7 Å². The number of hydrogen-bond donors (Lipinski definition) is 1. The standard InChI is InChI=1S/C23H34N6O.HI/c1-5-25-23(28-13-10-18(2)21(16-28)29-14-12-24-17-29)26-11-9-19-7-6-8-20(15-19)22(30)27(3)4;/h6-8,12,14-15,17-18,21H,5,9-11,13,16H2,1-4H3,(H,25,26);1H. The fourth-order valence-electron chi connectivity index (χ4n) is 3.93. The van der Waals surface area contributed by atoms with Crippen LogP contribution in [0.1, 0.15) is 42.2 Å². The van der Waals surface area contributed by atoms with Gasteiger partial charge in [0.15, 0.2) is 5.96 Å². The molecule has 1 aromatic carbocycles. The third-order valence-electron chi connectivity index (χ3n) is 5.70. The Labute approximate surface area is 203 Å². The van der Waals surface area contributed by atoms with Crippen LogP contribution in [0.4, 0.5) is 0 Å². The van der Waals surface area contributed by atoms with Gasteiger partial charge in [0.2, 0.25) is 0 Å². The number of aliphatic imine (C=N–C) groups is 1. The topological polar surface area (TPSA) is 65.8 Å². The maximum absolute atomic E-state index is 12.2. The number of guanidine groups is 1. The van der Waals surface area contributed by atoms with Crippen LogP contribution >= 0.6 is 24.0 Å². The number of nitrogens with one attached hydrogen (secondary N) is 1. The summed E-state index contributed by atoms with van der Waals surface area (Å²) in [5, 5.41) is 3.45. The quantitative estimate of drug-likeness (QED) is 0.349. The van der Waals surface area contributed by atoms with E-state index in [1.807, 2.05) is 30.7 Å². The van der Waals surface area contributed by atoms with Crippen LogP contribution in [0.5, 0.6) is 0 Å². The molecule has 2 aromatic rings. The molecule has 2 atom stereocenters. The lowest BCUT2D eigenvalue weighted by molar-refractivity contribution is 0.0827. The van der Waals surface area contributed by atoms with Crippen molar-refractivity contribution < 1.29 is 4.79 Å². The molecule has 0 bridgehead atoms. The Kier molecular flexibility index (Phi) is 9.80. The molecular formula is C23H35IN6O. The molecule has 1 fully saturated rings. The monoisotopic (exact) mass is 538 g/mol. The second-order valence-electron chi connectivity index (χ2n) is 8.17. The minimum Gasteiger partial charge on any atom is -0.357 e. The van der Waals surface area contributed by atoms with Crippen LogP contribution in [-0.2, 0) is 6.42 Å². The normalized spacial score (nSPS) is 19.0. The van der Waals surface area contributed by atoms with Gasteiger partial charge in [-0.15, -0.1) is 24.0 Å². The van der Waals surface area contributed by atoms with E-state index in [2.05, 4.69) is 45.9 Å². The van der Waals surface area contributed by atoms with Crippen LogP contribution in [0.15, 0.2) is 48.0 Å². The molecule has 2 heterocycles. The molecule has 1 N–H and O–H groups in total. The third kappa shape index (κ3) is 6.69. The molecule has 1 aromatic heterocycles. The molecule has 1 aliphatic rings. The van der Waals surface area contributed by atoms with Gasteiger partial charge < -0.3 is 19.7 Å². The predicted octanol–water partition coefficient (Wildman–Crippen LogP) is 3.29. The molecule has 0 saturated carbocycles. The highest BCUT2D eigenvalue weighted by molar-refractivity contribution is 14.0. The first kappa shape index (κ1) is 25.2. The second kappa shape index (κ2) is 12.1. The van der Waals surface area contributed by atoms with E-state index in [1.54, 1.807) is 19.0 Å². The smallest absolute Gasteiger partial charge is 0.253 e. The molecule has 0 aliphatic carbocycles. The summed E-state index contributed by atoms with van der Waals surface area (Å²) in [7, 11) is 3.55. The van der Waals surface area contributed by atoms with Gasteiger partial charge in [-0.1, -0.05) is 19.1 Å². The number of rotatable bonds is 6.